The number of hydrogen-bond acceptors (Lipinski definition) is 4. The molecule has 92 valence electrons. The average molecular weight is 255 g/mol. The second-order valence-corrected chi connectivity index (χ2v) is 5.23. The molecule has 0 bridgehead atoms. The molecule has 0 aliphatic heterocycles. The Kier molecular flexibility index (Phi) is 3.27. The Labute approximate surface area is 98.5 Å². The van der Waals surface area contributed by atoms with E-state index in [2.05, 4.69) is 19.7 Å². The standard InChI is InChI=1S/C9H13N5O2S/c10-2-7-1-9(5-12-7)17(15,16)14-4-8-3-11-6-13-8/h1,3,5-6,12,14H,2,4,10H2,(H,11,13). The van der Waals surface area contributed by atoms with Gasteiger partial charge in [-0.3, -0.25) is 0 Å². The topological polar surface area (TPSA) is 117 Å². The lowest BCUT2D eigenvalue weighted by Crippen LogP contribution is -2.23. The van der Waals surface area contributed by atoms with Crippen LogP contribution in [0, 0.1) is 0 Å². The lowest BCUT2D eigenvalue weighted by Gasteiger charge is -2.02. The van der Waals surface area contributed by atoms with Gasteiger partial charge in [-0.2, -0.15) is 0 Å². The van der Waals surface area contributed by atoms with Crippen molar-refractivity contribution in [3.05, 3.63) is 36.2 Å². The Balaban J connectivity index is 2.08. The molecular weight excluding hydrogens is 242 g/mol. The molecule has 17 heavy (non-hydrogen) atoms. The van der Waals surface area contributed by atoms with E-state index in [1.54, 1.807) is 6.20 Å². The van der Waals surface area contributed by atoms with Crippen molar-refractivity contribution in [3.63, 3.8) is 0 Å². The minimum atomic E-state index is -3.51. The molecular formula is C9H13N5O2S. The summed E-state index contributed by atoms with van der Waals surface area (Å²) in [5, 5.41) is 0. The second-order valence-electron chi connectivity index (χ2n) is 3.47. The molecule has 7 nitrogen and oxygen atoms in total. The first-order valence-electron chi connectivity index (χ1n) is 4.96. The third-order valence-corrected chi connectivity index (χ3v) is 3.63. The van der Waals surface area contributed by atoms with Gasteiger partial charge >= 0.3 is 0 Å². The maximum Gasteiger partial charge on any atom is 0.242 e. The molecule has 0 spiro atoms. The summed E-state index contributed by atoms with van der Waals surface area (Å²) in [4.78, 5) is 9.58. The van der Waals surface area contributed by atoms with Gasteiger partial charge in [-0.1, -0.05) is 0 Å². The van der Waals surface area contributed by atoms with E-state index < -0.39 is 10.0 Å². The van der Waals surface area contributed by atoms with Crippen molar-refractivity contribution in [1.29, 1.82) is 0 Å². The largest absolute Gasteiger partial charge is 0.363 e. The predicted molar refractivity (Wildman–Crippen MR) is 61.3 cm³/mol. The first-order valence-corrected chi connectivity index (χ1v) is 6.44. The monoisotopic (exact) mass is 255 g/mol. The van der Waals surface area contributed by atoms with Crippen molar-refractivity contribution in [2.24, 2.45) is 5.73 Å². The molecule has 0 aliphatic rings. The van der Waals surface area contributed by atoms with Crippen LogP contribution < -0.4 is 10.5 Å². The van der Waals surface area contributed by atoms with Crippen LogP contribution in [0.15, 0.2) is 29.7 Å². The van der Waals surface area contributed by atoms with Crippen LogP contribution in [0.1, 0.15) is 11.4 Å². The van der Waals surface area contributed by atoms with Gasteiger partial charge in [-0.15, -0.1) is 0 Å². The summed E-state index contributed by atoms with van der Waals surface area (Å²) in [6, 6.07) is 1.51. The summed E-state index contributed by atoms with van der Waals surface area (Å²) in [5.41, 5.74) is 6.77. The first kappa shape index (κ1) is 11.8. The molecule has 0 saturated carbocycles. The van der Waals surface area contributed by atoms with Gasteiger partial charge in [0.15, 0.2) is 0 Å². The van der Waals surface area contributed by atoms with E-state index in [1.807, 2.05) is 0 Å². The minimum absolute atomic E-state index is 0.172. The van der Waals surface area contributed by atoms with Crippen molar-refractivity contribution in [1.82, 2.24) is 19.7 Å². The normalized spacial score (nSPS) is 11.8. The molecule has 2 aromatic rings. The number of sulfonamides is 1. The number of aromatic amines is 2. The molecule has 0 unspecified atom stereocenters. The maximum atomic E-state index is 11.9. The van der Waals surface area contributed by atoms with E-state index in [0.717, 1.165) is 0 Å². The maximum absolute atomic E-state index is 11.9. The molecule has 0 atom stereocenters. The van der Waals surface area contributed by atoms with Crippen molar-refractivity contribution in [2.45, 2.75) is 18.0 Å². The van der Waals surface area contributed by atoms with Crippen LogP contribution in [0.2, 0.25) is 0 Å². The zero-order valence-electron chi connectivity index (χ0n) is 8.97. The Bertz CT molecular complexity index is 572. The Morgan fingerprint density at radius 1 is 1.35 bits per heavy atom. The van der Waals surface area contributed by atoms with Gasteiger partial charge in [0.1, 0.15) is 0 Å². The third kappa shape index (κ3) is 2.73. The van der Waals surface area contributed by atoms with E-state index >= 15 is 0 Å². The number of imidazole rings is 1. The zero-order chi connectivity index (χ0) is 12.3. The number of aromatic nitrogens is 3. The summed E-state index contributed by atoms with van der Waals surface area (Å²) in [5.74, 6) is 0. The number of nitrogens with two attached hydrogens (primary N) is 1. The molecule has 0 fully saturated rings. The zero-order valence-corrected chi connectivity index (χ0v) is 9.79. The van der Waals surface area contributed by atoms with Gasteiger partial charge in [0.2, 0.25) is 10.0 Å². The number of rotatable bonds is 5. The van der Waals surface area contributed by atoms with Gasteiger partial charge in [0.25, 0.3) is 0 Å². The summed E-state index contributed by atoms with van der Waals surface area (Å²) in [7, 11) is -3.51. The molecule has 0 aliphatic carbocycles. The van der Waals surface area contributed by atoms with Crippen LogP contribution in [0.25, 0.3) is 0 Å². The van der Waals surface area contributed by atoms with Crippen LogP contribution in [0.3, 0.4) is 0 Å². The van der Waals surface area contributed by atoms with Crippen LogP contribution in [-0.4, -0.2) is 23.4 Å². The van der Waals surface area contributed by atoms with Crippen molar-refractivity contribution in [3.8, 4) is 0 Å². The lowest BCUT2D eigenvalue weighted by molar-refractivity contribution is 0.580. The smallest absolute Gasteiger partial charge is 0.242 e. The Morgan fingerprint density at radius 2 is 2.18 bits per heavy atom. The molecule has 2 rings (SSSR count). The average Bonchev–Trinajstić information content (AvgIpc) is 2.98. The molecule has 2 aromatic heterocycles. The van der Waals surface area contributed by atoms with Gasteiger partial charge in [-0.05, 0) is 6.07 Å². The van der Waals surface area contributed by atoms with Gasteiger partial charge in [-0.25, -0.2) is 18.1 Å². The highest BCUT2D eigenvalue weighted by Crippen LogP contribution is 2.10. The minimum Gasteiger partial charge on any atom is -0.363 e. The van der Waals surface area contributed by atoms with Gasteiger partial charge in [0.05, 0.1) is 17.8 Å². The number of H-pyrrole nitrogens is 2. The quantitative estimate of drug-likeness (QED) is 0.585. The molecule has 0 amide bonds. The SMILES string of the molecule is NCc1cc(S(=O)(=O)NCc2cnc[nH]2)c[nH]1. The lowest BCUT2D eigenvalue weighted by atomic mass is 10.4. The van der Waals surface area contributed by atoms with Crippen LogP contribution in [0.4, 0.5) is 0 Å². The van der Waals surface area contributed by atoms with Crippen LogP contribution in [0.5, 0.6) is 0 Å². The number of hydrogen-bond donors (Lipinski definition) is 4. The van der Waals surface area contributed by atoms with Crippen molar-refractivity contribution in [2.75, 3.05) is 0 Å². The fraction of sp³-hybridized carbons (Fsp3) is 0.222. The van der Waals surface area contributed by atoms with E-state index in [0.29, 0.717) is 11.4 Å². The second kappa shape index (κ2) is 4.70. The molecule has 2 heterocycles. The third-order valence-electron chi connectivity index (χ3n) is 2.25. The van der Waals surface area contributed by atoms with Crippen LogP contribution >= 0.6 is 0 Å². The first-order chi connectivity index (χ1) is 8.12. The summed E-state index contributed by atoms with van der Waals surface area (Å²) in [6.07, 6.45) is 4.47. The molecule has 5 N–H and O–H groups in total. The Morgan fingerprint density at radius 3 is 2.76 bits per heavy atom. The van der Waals surface area contributed by atoms with E-state index in [1.165, 1.54) is 18.6 Å². The van der Waals surface area contributed by atoms with Crippen LogP contribution in [-0.2, 0) is 23.1 Å². The molecule has 8 heteroatoms. The Hall–Kier alpha value is -1.64. The summed E-state index contributed by atoms with van der Waals surface area (Å²) < 4.78 is 26.2. The summed E-state index contributed by atoms with van der Waals surface area (Å²) in [6.45, 7) is 0.446. The molecule has 0 radical (unpaired) electrons. The fourth-order valence-corrected chi connectivity index (χ4v) is 2.35. The number of nitrogens with zero attached hydrogens (tertiary/aromatic N) is 1. The predicted octanol–water partition coefficient (Wildman–Crippen LogP) is -0.325. The highest BCUT2D eigenvalue weighted by Gasteiger charge is 2.15. The summed E-state index contributed by atoms with van der Waals surface area (Å²) >= 11 is 0. The number of nitrogens with one attached hydrogen (secondary N) is 3. The van der Waals surface area contributed by atoms with E-state index in [-0.39, 0.29) is 18.0 Å². The molecule has 0 aromatic carbocycles. The van der Waals surface area contributed by atoms with Gasteiger partial charge < -0.3 is 15.7 Å². The fourth-order valence-electron chi connectivity index (χ4n) is 1.33. The van der Waals surface area contributed by atoms with Crippen molar-refractivity contribution >= 4 is 10.0 Å². The van der Waals surface area contributed by atoms with E-state index in [4.69, 9.17) is 5.73 Å². The highest BCUT2D eigenvalue weighted by molar-refractivity contribution is 7.89. The molecule has 0 saturated heterocycles. The highest BCUT2D eigenvalue weighted by atomic mass is 32.2. The van der Waals surface area contributed by atoms with Gasteiger partial charge in [0, 0.05) is 30.3 Å². The van der Waals surface area contributed by atoms with E-state index in [9.17, 15) is 8.42 Å². The van der Waals surface area contributed by atoms with Crippen molar-refractivity contribution < 1.29 is 8.42 Å².